The van der Waals surface area contributed by atoms with Gasteiger partial charge in [-0.3, -0.25) is 4.79 Å². The molecule has 0 bridgehead atoms. The third-order valence-electron chi connectivity index (χ3n) is 4.90. The first-order valence-electron chi connectivity index (χ1n) is 9.18. The van der Waals surface area contributed by atoms with Gasteiger partial charge in [0.25, 0.3) is 0 Å². The first-order chi connectivity index (χ1) is 13.1. The van der Waals surface area contributed by atoms with Gasteiger partial charge in [-0.2, -0.15) is 0 Å². The second-order valence-corrected chi connectivity index (χ2v) is 8.24. The lowest BCUT2D eigenvalue weighted by molar-refractivity contribution is -0.133. The van der Waals surface area contributed by atoms with E-state index in [-0.39, 0.29) is 11.9 Å². The third kappa shape index (κ3) is 4.23. The fraction of sp³-hybridized carbons (Fsp3) is 0.273. The van der Waals surface area contributed by atoms with Crippen molar-refractivity contribution in [3.63, 3.8) is 0 Å². The minimum atomic E-state index is 0.0366. The van der Waals surface area contributed by atoms with Crippen LogP contribution in [0.2, 0.25) is 5.02 Å². The summed E-state index contributed by atoms with van der Waals surface area (Å²) in [5.41, 5.74) is 3.05. The Kier molecular flexibility index (Phi) is 5.28. The minimum Gasteiger partial charge on any atom is -0.333 e. The van der Waals surface area contributed by atoms with Gasteiger partial charge in [-0.05, 0) is 37.5 Å². The Morgan fingerprint density at radius 3 is 2.56 bits per heavy atom. The Labute approximate surface area is 168 Å². The molecule has 0 saturated heterocycles. The number of carbonyl (C=O) groups is 1. The monoisotopic (exact) mass is 396 g/mol. The van der Waals surface area contributed by atoms with E-state index >= 15 is 0 Å². The number of carbonyl (C=O) groups excluding carboxylic acids is 1. The lowest BCUT2D eigenvalue weighted by Crippen LogP contribution is -2.36. The second-order valence-electron chi connectivity index (χ2n) is 6.95. The van der Waals surface area contributed by atoms with Gasteiger partial charge in [-0.15, -0.1) is 11.3 Å². The smallest absolute Gasteiger partial charge is 0.229 e. The predicted molar refractivity (Wildman–Crippen MR) is 111 cm³/mol. The van der Waals surface area contributed by atoms with E-state index in [1.165, 1.54) is 0 Å². The van der Waals surface area contributed by atoms with Crippen LogP contribution in [0.5, 0.6) is 0 Å². The summed E-state index contributed by atoms with van der Waals surface area (Å²) in [5, 5.41) is 3.67. The van der Waals surface area contributed by atoms with Crippen LogP contribution in [-0.2, 0) is 11.2 Å². The molecule has 0 aliphatic heterocycles. The summed E-state index contributed by atoms with van der Waals surface area (Å²) in [4.78, 5) is 19.8. The molecule has 1 aliphatic rings. The summed E-state index contributed by atoms with van der Waals surface area (Å²) in [5.74, 6) is 0.143. The standard InChI is InChI=1S/C22H21ClN2OS/c1-15(16-7-9-18(23)10-8-16)25(20-11-12-20)21(26)13-19-14-27-22(24-19)17-5-3-2-4-6-17/h2-10,14-15,20H,11-13H2,1H3. The van der Waals surface area contributed by atoms with Crippen molar-refractivity contribution >= 4 is 28.8 Å². The van der Waals surface area contributed by atoms with Crippen molar-refractivity contribution in [3.05, 3.63) is 76.3 Å². The molecule has 1 aliphatic carbocycles. The highest BCUT2D eigenvalue weighted by Gasteiger charge is 2.36. The molecule has 2 aromatic carbocycles. The number of hydrogen-bond acceptors (Lipinski definition) is 3. The summed E-state index contributed by atoms with van der Waals surface area (Å²) in [6.07, 6.45) is 2.50. The molecule has 1 aromatic heterocycles. The van der Waals surface area contributed by atoms with E-state index in [0.29, 0.717) is 17.5 Å². The van der Waals surface area contributed by atoms with Crippen molar-refractivity contribution in [1.82, 2.24) is 9.88 Å². The first-order valence-corrected chi connectivity index (χ1v) is 10.4. The molecular weight excluding hydrogens is 376 g/mol. The summed E-state index contributed by atoms with van der Waals surface area (Å²) in [6.45, 7) is 2.09. The average Bonchev–Trinajstić information content (AvgIpc) is 3.40. The van der Waals surface area contributed by atoms with Crippen LogP contribution in [-0.4, -0.2) is 21.8 Å². The summed E-state index contributed by atoms with van der Waals surface area (Å²) in [6, 6.07) is 18.3. The van der Waals surface area contributed by atoms with E-state index in [1.807, 2.05) is 64.9 Å². The lowest BCUT2D eigenvalue weighted by Gasteiger charge is -2.29. The maximum atomic E-state index is 13.1. The first kappa shape index (κ1) is 18.2. The molecule has 27 heavy (non-hydrogen) atoms. The van der Waals surface area contributed by atoms with Gasteiger partial charge in [-0.1, -0.05) is 54.1 Å². The van der Waals surface area contributed by atoms with E-state index in [4.69, 9.17) is 11.6 Å². The average molecular weight is 397 g/mol. The van der Waals surface area contributed by atoms with Crippen LogP contribution in [0.4, 0.5) is 0 Å². The summed E-state index contributed by atoms with van der Waals surface area (Å²) in [7, 11) is 0. The van der Waals surface area contributed by atoms with Crippen molar-refractivity contribution in [3.8, 4) is 10.6 Å². The van der Waals surface area contributed by atoms with Gasteiger partial charge < -0.3 is 4.90 Å². The van der Waals surface area contributed by atoms with Crippen LogP contribution >= 0.6 is 22.9 Å². The summed E-state index contributed by atoms with van der Waals surface area (Å²) < 4.78 is 0. The van der Waals surface area contributed by atoms with E-state index in [0.717, 1.165) is 34.7 Å². The van der Waals surface area contributed by atoms with Crippen molar-refractivity contribution in [2.24, 2.45) is 0 Å². The maximum Gasteiger partial charge on any atom is 0.229 e. The number of halogens is 1. The molecule has 1 amide bonds. The SMILES string of the molecule is CC(c1ccc(Cl)cc1)N(C(=O)Cc1csc(-c2ccccc2)n1)C1CC1. The van der Waals surface area contributed by atoms with Crippen LogP contribution < -0.4 is 0 Å². The van der Waals surface area contributed by atoms with E-state index in [1.54, 1.807) is 11.3 Å². The van der Waals surface area contributed by atoms with E-state index < -0.39 is 0 Å². The Hall–Kier alpha value is -2.17. The highest BCUT2D eigenvalue weighted by atomic mass is 35.5. The van der Waals surface area contributed by atoms with Crippen LogP contribution in [0.3, 0.4) is 0 Å². The fourth-order valence-electron chi connectivity index (χ4n) is 3.34. The van der Waals surface area contributed by atoms with Crippen molar-refractivity contribution in [2.45, 2.75) is 38.3 Å². The van der Waals surface area contributed by atoms with Gasteiger partial charge in [0.1, 0.15) is 5.01 Å². The van der Waals surface area contributed by atoms with E-state index in [9.17, 15) is 4.79 Å². The quantitative estimate of drug-likeness (QED) is 0.530. The number of hydrogen-bond donors (Lipinski definition) is 0. The van der Waals surface area contributed by atoms with Gasteiger partial charge in [0, 0.05) is 22.0 Å². The number of thiazole rings is 1. The topological polar surface area (TPSA) is 33.2 Å². The Morgan fingerprint density at radius 1 is 1.19 bits per heavy atom. The van der Waals surface area contributed by atoms with Gasteiger partial charge in [0.2, 0.25) is 5.91 Å². The Morgan fingerprint density at radius 2 is 1.89 bits per heavy atom. The largest absolute Gasteiger partial charge is 0.333 e. The molecule has 0 spiro atoms. The van der Waals surface area contributed by atoms with Gasteiger partial charge >= 0.3 is 0 Å². The molecule has 4 rings (SSSR count). The minimum absolute atomic E-state index is 0.0366. The zero-order valence-corrected chi connectivity index (χ0v) is 16.7. The van der Waals surface area contributed by atoms with E-state index in [2.05, 4.69) is 11.9 Å². The molecular formula is C22H21ClN2OS. The van der Waals surface area contributed by atoms with Gasteiger partial charge in [0.05, 0.1) is 18.2 Å². The van der Waals surface area contributed by atoms with Crippen LogP contribution in [0, 0.1) is 0 Å². The molecule has 0 N–H and O–H groups in total. The lowest BCUT2D eigenvalue weighted by atomic mass is 10.1. The molecule has 1 saturated carbocycles. The Bertz CT molecular complexity index is 919. The van der Waals surface area contributed by atoms with Crippen LogP contribution in [0.1, 0.15) is 37.1 Å². The highest BCUT2D eigenvalue weighted by molar-refractivity contribution is 7.13. The van der Waals surface area contributed by atoms with Crippen LogP contribution in [0.25, 0.3) is 10.6 Å². The normalized spacial score (nSPS) is 14.7. The second kappa shape index (κ2) is 7.83. The predicted octanol–water partition coefficient (Wildman–Crippen LogP) is 5.76. The molecule has 1 fully saturated rings. The molecule has 0 radical (unpaired) electrons. The van der Waals surface area contributed by atoms with Crippen molar-refractivity contribution in [1.29, 1.82) is 0 Å². The molecule has 1 atom stereocenters. The van der Waals surface area contributed by atoms with Crippen molar-refractivity contribution in [2.75, 3.05) is 0 Å². The Balaban J connectivity index is 1.50. The molecule has 5 heteroatoms. The highest BCUT2D eigenvalue weighted by Crippen LogP contribution is 2.35. The molecule has 1 unspecified atom stereocenters. The van der Waals surface area contributed by atoms with Crippen LogP contribution in [0.15, 0.2) is 60.0 Å². The number of benzene rings is 2. The number of rotatable bonds is 6. The molecule has 3 nitrogen and oxygen atoms in total. The molecule has 138 valence electrons. The fourth-order valence-corrected chi connectivity index (χ4v) is 4.29. The van der Waals surface area contributed by atoms with Gasteiger partial charge in [-0.25, -0.2) is 4.98 Å². The number of aromatic nitrogens is 1. The maximum absolute atomic E-state index is 13.1. The zero-order valence-electron chi connectivity index (χ0n) is 15.1. The number of nitrogens with zero attached hydrogens (tertiary/aromatic N) is 2. The van der Waals surface area contributed by atoms with Gasteiger partial charge in [0.15, 0.2) is 0 Å². The van der Waals surface area contributed by atoms with Crippen molar-refractivity contribution < 1.29 is 4.79 Å². The zero-order chi connectivity index (χ0) is 18.8. The molecule has 1 heterocycles. The molecule has 3 aromatic rings. The summed E-state index contributed by atoms with van der Waals surface area (Å²) >= 11 is 7.60. The number of amides is 1. The third-order valence-corrected chi connectivity index (χ3v) is 6.09.